The first-order valence-corrected chi connectivity index (χ1v) is 10.3. The van der Waals surface area contributed by atoms with Crippen LogP contribution in [0.15, 0.2) is 94.6 Å². The number of ether oxygens (including phenoxy) is 1. The Kier molecular flexibility index (Phi) is 6.10. The van der Waals surface area contributed by atoms with Gasteiger partial charge < -0.3 is 9.15 Å². The first kappa shape index (κ1) is 19.7. The largest absolute Gasteiger partial charge is 0.497 e. The summed E-state index contributed by atoms with van der Waals surface area (Å²) in [5, 5.41) is 8.48. The molecule has 7 heteroatoms. The number of carbonyl (C=O) groups excluding carboxylic acids is 1. The maximum absolute atomic E-state index is 13.1. The number of amides is 1. The quantitative estimate of drug-likeness (QED) is 0.385. The van der Waals surface area contributed by atoms with E-state index in [0.717, 1.165) is 16.9 Å². The van der Waals surface area contributed by atoms with Gasteiger partial charge in [-0.05, 0) is 42.5 Å². The van der Waals surface area contributed by atoms with Crippen molar-refractivity contribution in [2.24, 2.45) is 0 Å². The van der Waals surface area contributed by atoms with Gasteiger partial charge in [0.25, 0.3) is 5.22 Å². The fourth-order valence-corrected chi connectivity index (χ4v) is 3.53. The van der Waals surface area contributed by atoms with Crippen molar-refractivity contribution >= 4 is 29.0 Å². The van der Waals surface area contributed by atoms with Crippen LogP contribution in [0.25, 0.3) is 11.5 Å². The molecule has 0 atom stereocenters. The number of thioether (sulfide) groups is 1. The van der Waals surface area contributed by atoms with E-state index in [0.29, 0.717) is 16.9 Å². The van der Waals surface area contributed by atoms with E-state index < -0.39 is 0 Å². The Labute approximate surface area is 178 Å². The molecular formula is C23H19N3O3S. The van der Waals surface area contributed by atoms with Gasteiger partial charge in [0.1, 0.15) is 5.75 Å². The normalized spacial score (nSPS) is 10.6. The molecule has 0 bridgehead atoms. The van der Waals surface area contributed by atoms with E-state index in [1.807, 2.05) is 84.9 Å². The zero-order valence-electron chi connectivity index (χ0n) is 16.3. The highest BCUT2D eigenvalue weighted by atomic mass is 32.2. The van der Waals surface area contributed by atoms with Crippen LogP contribution in [0.4, 0.5) is 11.4 Å². The number of para-hydroxylation sites is 2. The second-order valence-corrected chi connectivity index (χ2v) is 7.22. The van der Waals surface area contributed by atoms with Crippen LogP contribution in [0.3, 0.4) is 0 Å². The van der Waals surface area contributed by atoms with Gasteiger partial charge in [0, 0.05) is 16.9 Å². The van der Waals surface area contributed by atoms with Gasteiger partial charge in [-0.2, -0.15) is 0 Å². The molecule has 1 heterocycles. The third-order valence-corrected chi connectivity index (χ3v) is 5.12. The third kappa shape index (κ3) is 4.52. The lowest BCUT2D eigenvalue weighted by Gasteiger charge is -2.22. The molecule has 0 fully saturated rings. The Hall–Kier alpha value is -3.58. The van der Waals surface area contributed by atoms with Crippen molar-refractivity contribution in [2.75, 3.05) is 17.8 Å². The summed E-state index contributed by atoms with van der Waals surface area (Å²) in [4.78, 5) is 14.8. The molecule has 0 spiro atoms. The molecule has 0 unspecified atom stereocenters. The summed E-state index contributed by atoms with van der Waals surface area (Å²) in [6, 6.07) is 26.5. The highest BCUT2D eigenvalue weighted by molar-refractivity contribution is 7.99. The van der Waals surface area contributed by atoms with Gasteiger partial charge in [0.05, 0.1) is 12.9 Å². The van der Waals surface area contributed by atoms with Crippen LogP contribution in [-0.4, -0.2) is 29.0 Å². The lowest BCUT2D eigenvalue weighted by Crippen LogP contribution is -2.27. The highest BCUT2D eigenvalue weighted by Gasteiger charge is 2.19. The van der Waals surface area contributed by atoms with E-state index >= 15 is 0 Å². The standard InChI is InChI=1S/C23H19N3O3S/c1-28-20-14-8-9-17(15-20)22-24-25-23(29-22)30-16-21(27)26(18-10-4-2-5-11-18)19-12-6-3-7-13-19/h2-15H,16H2,1H3. The van der Waals surface area contributed by atoms with E-state index in [1.165, 1.54) is 11.8 Å². The minimum atomic E-state index is -0.0847. The van der Waals surface area contributed by atoms with E-state index in [9.17, 15) is 4.79 Å². The number of hydrogen-bond donors (Lipinski definition) is 0. The van der Waals surface area contributed by atoms with Crippen LogP contribution in [-0.2, 0) is 4.79 Å². The van der Waals surface area contributed by atoms with Crippen molar-refractivity contribution in [3.63, 3.8) is 0 Å². The van der Waals surface area contributed by atoms with E-state index in [4.69, 9.17) is 9.15 Å². The van der Waals surface area contributed by atoms with Crippen LogP contribution >= 0.6 is 11.8 Å². The lowest BCUT2D eigenvalue weighted by atomic mass is 10.2. The maximum atomic E-state index is 13.1. The number of aromatic nitrogens is 2. The smallest absolute Gasteiger partial charge is 0.277 e. The van der Waals surface area contributed by atoms with Crippen molar-refractivity contribution in [1.29, 1.82) is 0 Å². The lowest BCUT2D eigenvalue weighted by molar-refractivity contribution is -0.115. The first-order valence-electron chi connectivity index (χ1n) is 9.28. The fourth-order valence-electron chi connectivity index (χ4n) is 2.92. The Balaban J connectivity index is 1.50. The minimum absolute atomic E-state index is 0.0847. The molecule has 1 amide bonds. The monoisotopic (exact) mass is 417 g/mol. The van der Waals surface area contributed by atoms with Crippen molar-refractivity contribution < 1.29 is 13.9 Å². The fraction of sp³-hybridized carbons (Fsp3) is 0.0870. The summed E-state index contributed by atoms with van der Waals surface area (Å²) in [5.41, 5.74) is 2.36. The number of rotatable bonds is 7. The SMILES string of the molecule is COc1cccc(-c2nnc(SCC(=O)N(c3ccccc3)c3ccccc3)o2)c1. The zero-order valence-corrected chi connectivity index (χ0v) is 17.1. The molecule has 30 heavy (non-hydrogen) atoms. The summed E-state index contributed by atoms with van der Waals surface area (Å²) < 4.78 is 11.0. The maximum Gasteiger partial charge on any atom is 0.277 e. The van der Waals surface area contributed by atoms with E-state index in [1.54, 1.807) is 12.0 Å². The van der Waals surface area contributed by atoms with Gasteiger partial charge in [-0.3, -0.25) is 9.69 Å². The van der Waals surface area contributed by atoms with Crippen molar-refractivity contribution in [2.45, 2.75) is 5.22 Å². The van der Waals surface area contributed by atoms with Crippen LogP contribution in [0, 0.1) is 0 Å². The van der Waals surface area contributed by atoms with Gasteiger partial charge in [-0.15, -0.1) is 10.2 Å². The number of carbonyl (C=O) groups is 1. The molecule has 0 aliphatic heterocycles. The molecular weight excluding hydrogens is 398 g/mol. The molecule has 0 saturated carbocycles. The molecule has 0 aliphatic carbocycles. The summed E-state index contributed by atoms with van der Waals surface area (Å²) in [6.45, 7) is 0. The number of hydrogen-bond acceptors (Lipinski definition) is 6. The second-order valence-electron chi connectivity index (χ2n) is 6.29. The zero-order chi connectivity index (χ0) is 20.8. The van der Waals surface area contributed by atoms with Gasteiger partial charge >= 0.3 is 0 Å². The molecule has 1 aromatic heterocycles. The molecule has 3 aromatic carbocycles. The molecule has 0 N–H and O–H groups in total. The Morgan fingerprint density at radius 1 is 0.933 bits per heavy atom. The van der Waals surface area contributed by atoms with Gasteiger partial charge in [0.2, 0.25) is 11.8 Å². The first-order chi connectivity index (χ1) is 14.7. The summed E-state index contributed by atoms with van der Waals surface area (Å²) in [6.07, 6.45) is 0. The Bertz CT molecular complexity index is 1080. The van der Waals surface area contributed by atoms with Crippen LogP contribution in [0.5, 0.6) is 5.75 Å². The molecule has 150 valence electrons. The molecule has 4 rings (SSSR count). The molecule has 4 aromatic rings. The Morgan fingerprint density at radius 2 is 1.60 bits per heavy atom. The second kappa shape index (κ2) is 9.28. The predicted molar refractivity (Wildman–Crippen MR) is 117 cm³/mol. The number of anilines is 2. The van der Waals surface area contributed by atoms with Crippen molar-refractivity contribution in [3.8, 4) is 17.2 Å². The topological polar surface area (TPSA) is 68.5 Å². The van der Waals surface area contributed by atoms with Gasteiger partial charge in [-0.1, -0.05) is 54.2 Å². The predicted octanol–water partition coefficient (Wildman–Crippen LogP) is 5.20. The number of nitrogens with zero attached hydrogens (tertiary/aromatic N) is 3. The Morgan fingerprint density at radius 3 is 2.23 bits per heavy atom. The summed E-state index contributed by atoms with van der Waals surface area (Å²) in [5.74, 6) is 1.16. The average Bonchev–Trinajstić information content (AvgIpc) is 3.29. The molecule has 0 saturated heterocycles. The summed E-state index contributed by atoms with van der Waals surface area (Å²) in [7, 11) is 1.60. The van der Waals surface area contributed by atoms with Gasteiger partial charge in [0.15, 0.2) is 0 Å². The molecule has 6 nitrogen and oxygen atoms in total. The van der Waals surface area contributed by atoms with Crippen LogP contribution < -0.4 is 9.64 Å². The van der Waals surface area contributed by atoms with Crippen LogP contribution in [0.1, 0.15) is 0 Å². The van der Waals surface area contributed by atoms with Crippen molar-refractivity contribution in [1.82, 2.24) is 10.2 Å². The average molecular weight is 417 g/mol. The number of benzene rings is 3. The van der Waals surface area contributed by atoms with Crippen LogP contribution in [0.2, 0.25) is 0 Å². The number of methoxy groups -OCH3 is 1. The third-order valence-electron chi connectivity index (χ3n) is 4.32. The summed E-state index contributed by atoms with van der Waals surface area (Å²) >= 11 is 1.21. The van der Waals surface area contributed by atoms with Gasteiger partial charge in [-0.25, -0.2) is 0 Å². The molecule has 0 aliphatic rings. The van der Waals surface area contributed by atoms with E-state index in [2.05, 4.69) is 10.2 Å². The van der Waals surface area contributed by atoms with E-state index in [-0.39, 0.29) is 11.7 Å². The minimum Gasteiger partial charge on any atom is -0.497 e. The van der Waals surface area contributed by atoms with Crippen molar-refractivity contribution in [3.05, 3.63) is 84.9 Å². The highest BCUT2D eigenvalue weighted by Crippen LogP contribution is 2.29. The molecule has 0 radical (unpaired) electrons.